The highest BCUT2D eigenvalue weighted by Crippen LogP contribution is 2.38. The molecule has 3 aromatic rings. The molecule has 1 aliphatic heterocycles. The molecular formula is C26H29N3O5S. The van der Waals surface area contributed by atoms with E-state index in [1.54, 1.807) is 31.2 Å². The zero-order chi connectivity index (χ0) is 25.2. The van der Waals surface area contributed by atoms with Gasteiger partial charge in [0.05, 0.1) is 18.3 Å². The summed E-state index contributed by atoms with van der Waals surface area (Å²) >= 11 is 0. The largest absolute Gasteiger partial charge is 0.465 e. The van der Waals surface area contributed by atoms with E-state index in [1.807, 2.05) is 37.3 Å². The van der Waals surface area contributed by atoms with Gasteiger partial charge in [-0.15, -0.1) is 0 Å². The van der Waals surface area contributed by atoms with E-state index in [4.69, 9.17) is 4.42 Å². The Morgan fingerprint density at radius 2 is 1.86 bits per heavy atom. The molecule has 0 saturated carbocycles. The van der Waals surface area contributed by atoms with Gasteiger partial charge in [0.25, 0.3) is 0 Å². The van der Waals surface area contributed by atoms with Crippen LogP contribution in [0.4, 0.5) is 5.69 Å². The number of aryl methyl sites for hydroxylation is 2. The highest BCUT2D eigenvalue weighted by molar-refractivity contribution is 7.89. The molecule has 0 saturated heterocycles. The zero-order valence-corrected chi connectivity index (χ0v) is 20.8. The van der Waals surface area contributed by atoms with Crippen molar-refractivity contribution in [3.05, 3.63) is 82.8 Å². The SMILES string of the molecule is CC(=O)Nc1ccc(C)cc1S(=O)(=O)N1CCc2ccccc2[C@H]1CC(=O)NCc1ccc(C)o1. The van der Waals surface area contributed by atoms with Gasteiger partial charge in [0.15, 0.2) is 0 Å². The third-order valence-electron chi connectivity index (χ3n) is 6.03. The molecule has 9 heteroatoms. The molecule has 4 rings (SSSR count). The van der Waals surface area contributed by atoms with E-state index in [1.165, 1.54) is 11.2 Å². The summed E-state index contributed by atoms with van der Waals surface area (Å²) in [6.45, 7) is 5.40. The van der Waals surface area contributed by atoms with Crippen molar-refractivity contribution in [2.24, 2.45) is 0 Å². The van der Waals surface area contributed by atoms with Crippen molar-refractivity contribution < 1.29 is 22.4 Å². The number of furan rings is 1. The lowest BCUT2D eigenvalue weighted by Gasteiger charge is -2.36. The van der Waals surface area contributed by atoms with Gasteiger partial charge in [0.1, 0.15) is 16.4 Å². The molecule has 0 bridgehead atoms. The van der Waals surface area contributed by atoms with Crippen LogP contribution in [0.2, 0.25) is 0 Å². The molecular weight excluding hydrogens is 466 g/mol. The molecule has 1 aliphatic rings. The van der Waals surface area contributed by atoms with Gasteiger partial charge in [0, 0.05) is 19.9 Å². The molecule has 0 radical (unpaired) electrons. The number of anilines is 1. The number of hydrogen-bond acceptors (Lipinski definition) is 5. The number of amides is 2. The van der Waals surface area contributed by atoms with Gasteiger partial charge in [-0.05, 0) is 61.2 Å². The van der Waals surface area contributed by atoms with E-state index in [2.05, 4.69) is 10.6 Å². The average molecular weight is 496 g/mol. The van der Waals surface area contributed by atoms with Crippen LogP contribution >= 0.6 is 0 Å². The Kier molecular flexibility index (Phi) is 7.09. The van der Waals surface area contributed by atoms with E-state index >= 15 is 0 Å². The van der Waals surface area contributed by atoms with Crippen LogP contribution in [0.15, 0.2) is 63.9 Å². The van der Waals surface area contributed by atoms with E-state index in [0.717, 1.165) is 22.5 Å². The lowest BCUT2D eigenvalue weighted by Crippen LogP contribution is -2.42. The monoisotopic (exact) mass is 495 g/mol. The fourth-order valence-corrected chi connectivity index (χ4v) is 6.24. The topological polar surface area (TPSA) is 109 Å². The number of nitrogens with zero attached hydrogens (tertiary/aromatic N) is 1. The maximum atomic E-state index is 14.0. The van der Waals surface area contributed by atoms with Crippen molar-refractivity contribution in [2.45, 2.75) is 51.1 Å². The van der Waals surface area contributed by atoms with Crippen molar-refractivity contribution in [1.29, 1.82) is 0 Å². The first-order valence-electron chi connectivity index (χ1n) is 11.4. The molecule has 2 heterocycles. The minimum atomic E-state index is -4.04. The Morgan fingerprint density at radius 3 is 2.57 bits per heavy atom. The Morgan fingerprint density at radius 1 is 1.09 bits per heavy atom. The normalized spacial score (nSPS) is 15.9. The molecule has 2 aromatic carbocycles. The summed E-state index contributed by atoms with van der Waals surface area (Å²) in [6, 6.07) is 15.4. The summed E-state index contributed by atoms with van der Waals surface area (Å²) in [5.41, 5.74) is 2.79. The van der Waals surface area contributed by atoms with Crippen LogP contribution < -0.4 is 10.6 Å². The van der Waals surface area contributed by atoms with Gasteiger partial charge >= 0.3 is 0 Å². The second kappa shape index (κ2) is 10.1. The van der Waals surface area contributed by atoms with Crippen LogP contribution in [0, 0.1) is 13.8 Å². The molecule has 1 aromatic heterocycles. The molecule has 2 amide bonds. The molecule has 2 N–H and O–H groups in total. The Labute approximate surface area is 205 Å². The smallest absolute Gasteiger partial charge is 0.245 e. The lowest BCUT2D eigenvalue weighted by atomic mass is 9.92. The Hall–Kier alpha value is -3.43. The summed E-state index contributed by atoms with van der Waals surface area (Å²) in [6.07, 6.45) is 0.484. The van der Waals surface area contributed by atoms with Crippen LogP contribution in [-0.2, 0) is 32.6 Å². The first-order chi connectivity index (χ1) is 16.6. The van der Waals surface area contributed by atoms with Gasteiger partial charge in [0.2, 0.25) is 21.8 Å². The lowest BCUT2D eigenvalue weighted by molar-refractivity contribution is -0.122. The maximum Gasteiger partial charge on any atom is 0.245 e. The fraction of sp³-hybridized carbons (Fsp3) is 0.308. The Bertz CT molecular complexity index is 1360. The third kappa shape index (κ3) is 5.47. The van der Waals surface area contributed by atoms with Crippen molar-refractivity contribution in [3.8, 4) is 0 Å². The summed E-state index contributed by atoms with van der Waals surface area (Å²) in [5, 5.41) is 5.46. The van der Waals surface area contributed by atoms with Crippen molar-refractivity contribution in [1.82, 2.24) is 9.62 Å². The molecule has 184 valence electrons. The van der Waals surface area contributed by atoms with Crippen LogP contribution in [0.3, 0.4) is 0 Å². The van der Waals surface area contributed by atoms with Gasteiger partial charge < -0.3 is 15.1 Å². The highest BCUT2D eigenvalue weighted by Gasteiger charge is 2.38. The molecule has 0 aliphatic carbocycles. The van der Waals surface area contributed by atoms with E-state index in [0.29, 0.717) is 12.2 Å². The molecule has 1 atom stereocenters. The van der Waals surface area contributed by atoms with Gasteiger partial charge in [-0.1, -0.05) is 30.3 Å². The Balaban J connectivity index is 1.67. The number of nitrogens with one attached hydrogen (secondary N) is 2. The van der Waals surface area contributed by atoms with Gasteiger partial charge in [-0.3, -0.25) is 9.59 Å². The van der Waals surface area contributed by atoms with Crippen LogP contribution in [0.25, 0.3) is 0 Å². The van der Waals surface area contributed by atoms with E-state index in [-0.39, 0.29) is 41.9 Å². The average Bonchev–Trinajstić information content (AvgIpc) is 3.23. The first-order valence-corrected chi connectivity index (χ1v) is 12.9. The number of fused-ring (bicyclic) bond motifs is 1. The molecule has 35 heavy (non-hydrogen) atoms. The predicted molar refractivity (Wildman–Crippen MR) is 132 cm³/mol. The molecule has 8 nitrogen and oxygen atoms in total. The summed E-state index contributed by atoms with van der Waals surface area (Å²) in [4.78, 5) is 24.7. The number of carbonyl (C=O) groups excluding carboxylic acids is 2. The quantitative estimate of drug-likeness (QED) is 0.518. The number of rotatable bonds is 7. The number of sulfonamides is 1. The predicted octanol–water partition coefficient (Wildman–Crippen LogP) is 3.85. The van der Waals surface area contributed by atoms with Crippen molar-refractivity contribution in [3.63, 3.8) is 0 Å². The summed E-state index contributed by atoms with van der Waals surface area (Å²) < 4.78 is 34.8. The third-order valence-corrected chi connectivity index (χ3v) is 7.98. The van der Waals surface area contributed by atoms with Crippen LogP contribution in [0.1, 0.15) is 47.6 Å². The standard InChI is InChI=1S/C26H29N3O5S/c1-17-8-11-23(28-19(3)30)25(14-17)35(32,33)29-13-12-20-6-4-5-7-22(20)24(29)15-26(31)27-16-21-10-9-18(2)34-21/h4-11,14,24H,12-13,15-16H2,1-3H3,(H,27,31)(H,28,30)/t24-/m1/s1. The molecule has 0 unspecified atom stereocenters. The molecule has 0 fully saturated rings. The molecule has 0 spiro atoms. The number of hydrogen-bond donors (Lipinski definition) is 2. The second-order valence-electron chi connectivity index (χ2n) is 8.75. The number of benzene rings is 2. The van der Waals surface area contributed by atoms with Crippen LogP contribution in [0.5, 0.6) is 0 Å². The van der Waals surface area contributed by atoms with E-state index < -0.39 is 16.1 Å². The zero-order valence-electron chi connectivity index (χ0n) is 20.0. The van der Waals surface area contributed by atoms with Gasteiger partial charge in [-0.2, -0.15) is 4.31 Å². The minimum Gasteiger partial charge on any atom is -0.465 e. The number of carbonyl (C=O) groups is 2. The van der Waals surface area contributed by atoms with E-state index in [9.17, 15) is 18.0 Å². The fourth-order valence-electron chi connectivity index (χ4n) is 4.40. The first kappa shape index (κ1) is 24.7. The highest BCUT2D eigenvalue weighted by atomic mass is 32.2. The second-order valence-corrected chi connectivity index (χ2v) is 10.6. The van der Waals surface area contributed by atoms with Crippen molar-refractivity contribution in [2.75, 3.05) is 11.9 Å². The van der Waals surface area contributed by atoms with Crippen LogP contribution in [-0.4, -0.2) is 31.1 Å². The summed E-state index contributed by atoms with van der Waals surface area (Å²) in [7, 11) is -4.04. The van der Waals surface area contributed by atoms with Gasteiger partial charge in [-0.25, -0.2) is 8.42 Å². The maximum absolute atomic E-state index is 14.0. The summed E-state index contributed by atoms with van der Waals surface area (Å²) in [5.74, 6) is 0.732. The minimum absolute atomic E-state index is 0.0172. The van der Waals surface area contributed by atoms with Crippen molar-refractivity contribution >= 4 is 27.5 Å².